The van der Waals surface area contributed by atoms with Gasteiger partial charge >= 0.3 is 5.97 Å². The molecule has 0 aromatic heterocycles. The Balaban J connectivity index is 2.07. The van der Waals surface area contributed by atoms with Crippen LogP contribution in [-0.2, 0) is 14.3 Å². The molecular weight excluding hydrogens is 344 g/mol. The van der Waals surface area contributed by atoms with E-state index in [1.165, 1.54) is 6.92 Å². The van der Waals surface area contributed by atoms with Gasteiger partial charge in [-0.15, -0.1) is 0 Å². The van der Waals surface area contributed by atoms with Crippen LogP contribution in [0, 0.1) is 23.7 Å². The van der Waals surface area contributed by atoms with Crippen molar-refractivity contribution in [3.8, 4) is 0 Å². The van der Waals surface area contributed by atoms with Gasteiger partial charge in [0.15, 0.2) is 0 Å². The van der Waals surface area contributed by atoms with Gasteiger partial charge < -0.3 is 19.7 Å². The third kappa shape index (κ3) is 3.70. The summed E-state index contributed by atoms with van der Waals surface area (Å²) >= 11 is 0. The summed E-state index contributed by atoms with van der Waals surface area (Å²) in [5.41, 5.74) is -0.916. The summed E-state index contributed by atoms with van der Waals surface area (Å²) in [7, 11) is 0. The highest BCUT2D eigenvalue weighted by Gasteiger charge is 2.63. The maximum atomic E-state index is 11.9. The Labute approximate surface area is 163 Å². The molecule has 27 heavy (non-hydrogen) atoms. The van der Waals surface area contributed by atoms with Crippen molar-refractivity contribution in [2.45, 2.75) is 96.2 Å². The lowest BCUT2D eigenvalue weighted by molar-refractivity contribution is -0.174. The van der Waals surface area contributed by atoms with Crippen LogP contribution in [0.3, 0.4) is 0 Å². The second-order valence-corrected chi connectivity index (χ2v) is 9.83. The second kappa shape index (κ2) is 7.16. The number of ether oxygens (including phenoxy) is 2. The monoisotopic (exact) mass is 380 g/mol. The first-order chi connectivity index (χ1) is 12.5. The van der Waals surface area contributed by atoms with Gasteiger partial charge in [-0.2, -0.15) is 0 Å². The number of carbonyl (C=O) groups is 1. The maximum Gasteiger partial charge on any atom is 0.303 e. The van der Waals surface area contributed by atoms with Crippen LogP contribution in [-0.4, -0.2) is 45.7 Å². The molecule has 0 aromatic carbocycles. The minimum atomic E-state index is -1.04. The van der Waals surface area contributed by atoms with Crippen molar-refractivity contribution in [2.24, 2.45) is 23.7 Å². The predicted molar refractivity (Wildman–Crippen MR) is 103 cm³/mol. The number of aliphatic hydroxyl groups excluding tert-OH is 1. The predicted octanol–water partition coefficient (Wildman–Crippen LogP) is 3.23. The van der Waals surface area contributed by atoms with E-state index in [2.05, 4.69) is 20.4 Å². The average Bonchev–Trinajstić information content (AvgIpc) is 2.93. The van der Waals surface area contributed by atoms with Gasteiger partial charge in [0.2, 0.25) is 0 Å². The third-order valence-electron chi connectivity index (χ3n) is 7.36. The Hall–Kier alpha value is -0.910. The smallest absolute Gasteiger partial charge is 0.303 e. The van der Waals surface area contributed by atoms with Crippen molar-refractivity contribution in [2.75, 3.05) is 0 Å². The van der Waals surface area contributed by atoms with Crippen LogP contribution in [0.1, 0.15) is 66.7 Å². The van der Waals surface area contributed by atoms with E-state index >= 15 is 0 Å². The molecule has 0 aromatic rings. The molecule has 3 aliphatic rings. The van der Waals surface area contributed by atoms with Crippen molar-refractivity contribution < 1.29 is 24.5 Å². The third-order valence-corrected chi connectivity index (χ3v) is 7.36. The summed E-state index contributed by atoms with van der Waals surface area (Å²) in [5.74, 6) is 0.681. The number of hydrogen-bond donors (Lipinski definition) is 2. The summed E-state index contributed by atoms with van der Waals surface area (Å²) in [6.07, 6.45) is 2.06. The second-order valence-electron chi connectivity index (χ2n) is 9.83. The topological polar surface area (TPSA) is 76.0 Å². The average molecular weight is 381 g/mol. The molecule has 2 heterocycles. The van der Waals surface area contributed by atoms with Crippen molar-refractivity contribution >= 4 is 5.97 Å². The summed E-state index contributed by atoms with van der Waals surface area (Å²) in [4.78, 5) is 11.9. The van der Waals surface area contributed by atoms with Crippen LogP contribution in [0.5, 0.6) is 0 Å². The van der Waals surface area contributed by atoms with Crippen molar-refractivity contribution in [3.05, 3.63) is 12.2 Å². The van der Waals surface area contributed by atoms with Crippen LogP contribution in [0.2, 0.25) is 0 Å². The lowest BCUT2D eigenvalue weighted by Gasteiger charge is -2.50. The van der Waals surface area contributed by atoms with Crippen LogP contribution in [0.15, 0.2) is 12.2 Å². The number of fused-ring (bicyclic) bond motifs is 5. The Morgan fingerprint density at radius 1 is 1.30 bits per heavy atom. The molecule has 8 atom stereocenters. The number of rotatable bonds is 2. The van der Waals surface area contributed by atoms with E-state index < -0.39 is 17.3 Å². The van der Waals surface area contributed by atoms with Gasteiger partial charge in [-0.3, -0.25) is 4.79 Å². The first kappa shape index (κ1) is 20.8. The minimum absolute atomic E-state index is 0.0129. The van der Waals surface area contributed by atoms with Crippen LogP contribution in [0.25, 0.3) is 0 Å². The molecule has 2 saturated heterocycles. The van der Waals surface area contributed by atoms with Crippen LogP contribution < -0.4 is 0 Å². The van der Waals surface area contributed by atoms with E-state index in [1.54, 1.807) is 0 Å². The van der Waals surface area contributed by atoms with Gasteiger partial charge in [-0.25, -0.2) is 0 Å². The Kier molecular flexibility index (Phi) is 5.52. The fourth-order valence-corrected chi connectivity index (χ4v) is 6.03. The van der Waals surface area contributed by atoms with E-state index in [1.807, 2.05) is 13.8 Å². The molecule has 1 aliphatic carbocycles. The van der Waals surface area contributed by atoms with E-state index in [4.69, 9.17) is 9.47 Å². The van der Waals surface area contributed by atoms with Gasteiger partial charge in [-0.05, 0) is 63.4 Å². The molecule has 0 radical (unpaired) electrons. The minimum Gasteiger partial charge on any atom is -0.459 e. The highest BCUT2D eigenvalue weighted by molar-refractivity contribution is 5.66. The maximum absolute atomic E-state index is 11.9. The zero-order chi connectivity index (χ0) is 20.1. The molecular formula is C22H36O5. The molecule has 5 heteroatoms. The molecule has 154 valence electrons. The van der Waals surface area contributed by atoms with E-state index in [9.17, 15) is 15.0 Å². The van der Waals surface area contributed by atoms with Crippen LogP contribution >= 0.6 is 0 Å². The van der Waals surface area contributed by atoms with Gasteiger partial charge in [0.25, 0.3) is 0 Å². The largest absolute Gasteiger partial charge is 0.459 e. The summed E-state index contributed by atoms with van der Waals surface area (Å²) in [6.45, 7) is 13.8. The summed E-state index contributed by atoms with van der Waals surface area (Å²) in [6, 6.07) is 0. The van der Waals surface area contributed by atoms with E-state index in [-0.39, 0.29) is 30.0 Å². The molecule has 3 fully saturated rings. The summed E-state index contributed by atoms with van der Waals surface area (Å²) < 4.78 is 12.4. The number of aliphatic hydroxyl groups is 2. The fourth-order valence-electron chi connectivity index (χ4n) is 6.03. The zero-order valence-electron chi connectivity index (χ0n) is 17.4. The highest BCUT2D eigenvalue weighted by atomic mass is 16.6. The Bertz CT molecular complexity index is 598. The SMILES string of the molecule is C=C1C[C@H]2O[C@H]([C@H]3[C@@H]2[C@](C)(OC(C)=O)CC[C@@H]3C(C)C)[C@](C)(O)CC[C@@H]1O. The highest BCUT2D eigenvalue weighted by Crippen LogP contribution is 2.57. The molecule has 2 aliphatic heterocycles. The van der Waals surface area contributed by atoms with Crippen molar-refractivity contribution in [3.63, 3.8) is 0 Å². The molecule has 0 unspecified atom stereocenters. The quantitative estimate of drug-likeness (QED) is 0.568. The van der Waals surface area contributed by atoms with Gasteiger partial charge in [0.1, 0.15) is 5.60 Å². The normalized spacial score (nSPS) is 47.8. The Morgan fingerprint density at radius 2 is 1.96 bits per heavy atom. The molecule has 1 saturated carbocycles. The fraction of sp³-hybridized carbons (Fsp3) is 0.864. The molecule has 3 rings (SSSR count). The first-order valence-corrected chi connectivity index (χ1v) is 10.4. The lowest BCUT2D eigenvalue weighted by Crippen LogP contribution is -2.55. The zero-order valence-corrected chi connectivity index (χ0v) is 17.4. The number of hydrogen-bond acceptors (Lipinski definition) is 5. The standard InChI is InChI=1S/C22H36O5/c1-12(2)15-7-10-22(6,27-14(4)23)19-17-11-13(3)16(24)8-9-21(5,25)20(26-17)18(15)19/h12,15-20,24-25H,3,7-11H2,1-2,4-6H3/t15-,16+,17-,18-,19-,20-,21-,22-/m1/s1. The van der Waals surface area contributed by atoms with Crippen molar-refractivity contribution in [1.82, 2.24) is 0 Å². The van der Waals surface area contributed by atoms with Gasteiger partial charge in [-0.1, -0.05) is 20.4 Å². The van der Waals surface area contributed by atoms with Crippen molar-refractivity contribution in [1.29, 1.82) is 0 Å². The summed E-state index contributed by atoms with van der Waals surface area (Å²) in [5, 5.41) is 21.7. The number of esters is 1. The Morgan fingerprint density at radius 3 is 2.56 bits per heavy atom. The van der Waals surface area contributed by atoms with Gasteiger partial charge in [0.05, 0.1) is 23.9 Å². The molecule has 5 nitrogen and oxygen atoms in total. The van der Waals surface area contributed by atoms with Gasteiger partial charge in [0, 0.05) is 18.8 Å². The molecule has 0 amide bonds. The van der Waals surface area contributed by atoms with E-state index in [0.29, 0.717) is 31.1 Å². The molecule has 2 bridgehead atoms. The lowest BCUT2D eigenvalue weighted by atomic mass is 9.57. The number of carbonyl (C=O) groups excluding carboxylic acids is 1. The first-order valence-electron chi connectivity index (χ1n) is 10.4. The molecule has 2 N–H and O–H groups in total. The van der Waals surface area contributed by atoms with Crippen LogP contribution in [0.4, 0.5) is 0 Å². The van der Waals surface area contributed by atoms with E-state index in [0.717, 1.165) is 18.4 Å². The molecule has 0 spiro atoms.